The third-order valence-electron chi connectivity index (χ3n) is 2.98. The van der Waals surface area contributed by atoms with E-state index in [9.17, 15) is 0 Å². The van der Waals surface area contributed by atoms with Crippen LogP contribution in [0.15, 0.2) is 27.1 Å². The lowest BCUT2D eigenvalue weighted by Crippen LogP contribution is -2.19. The average molecular weight is 343 g/mol. The largest absolute Gasteiger partial charge is 0.421 e. The summed E-state index contributed by atoms with van der Waals surface area (Å²) in [7, 11) is 0. The van der Waals surface area contributed by atoms with Crippen LogP contribution in [-0.2, 0) is 6.42 Å². The predicted molar refractivity (Wildman–Crippen MR) is 77.2 cm³/mol. The van der Waals surface area contributed by atoms with E-state index >= 15 is 0 Å². The zero-order valence-corrected chi connectivity index (χ0v) is 12.5. The molecule has 0 unspecified atom stereocenters. The third kappa shape index (κ3) is 3.35. The van der Waals surface area contributed by atoms with Crippen LogP contribution in [0.2, 0.25) is 5.02 Å². The molecular weight excluding hydrogens is 330 g/mol. The fourth-order valence-corrected chi connectivity index (χ4v) is 2.65. The maximum Gasteiger partial charge on any atom is 0.248 e. The molecule has 1 saturated carbocycles. The van der Waals surface area contributed by atoms with E-state index < -0.39 is 0 Å². The summed E-state index contributed by atoms with van der Waals surface area (Å²) in [6, 6.07) is 6.19. The Morgan fingerprint density at radius 2 is 2.21 bits per heavy atom. The van der Waals surface area contributed by atoms with E-state index in [1.807, 2.05) is 12.1 Å². The maximum absolute atomic E-state index is 5.91. The number of rotatable bonds is 5. The van der Waals surface area contributed by atoms with Crippen LogP contribution < -0.4 is 5.32 Å². The van der Waals surface area contributed by atoms with E-state index in [-0.39, 0.29) is 0 Å². The highest BCUT2D eigenvalue weighted by molar-refractivity contribution is 9.10. The standard InChI is InChI=1S/C13H13BrClN3O/c14-11-7-8(15)1-4-10(11)13-18-17-12(19-13)5-6-16-9-2-3-9/h1,4,7,9,16H,2-3,5-6H2. The summed E-state index contributed by atoms with van der Waals surface area (Å²) in [5.41, 5.74) is 0.860. The van der Waals surface area contributed by atoms with Crippen LogP contribution in [0.25, 0.3) is 11.5 Å². The number of benzene rings is 1. The fourth-order valence-electron chi connectivity index (χ4n) is 1.80. The van der Waals surface area contributed by atoms with Gasteiger partial charge in [0, 0.05) is 28.5 Å². The van der Waals surface area contributed by atoms with Crippen molar-refractivity contribution in [3.05, 3.63) is 33.6 Å². The SMILES string of the molecule is Clc1ccc(-c2nnc(CCNC3CC3)o2)c(Br)c1. The summed E-state index contributed by atoms with van der Waals surface area (Å²) in [5.74, 6) is 1.18. The van der Waals surface area contributed by atoms with Crippen molar-refractivity contribution in [1.29, 1.82) is 0 Å². The molecule has 0 aliphatic heterocycles. The molecule has 3 rings (SSSR count). The maximum atomic E-state index is 5.91. The molecule has 1 heterocycles. The van der Waals surface area contributed by atoms with Crippen molar-refractivity contribution in [3.63, 3.8) is 0 Å². The monoisotopic (exact) mass is 341 g/mol. The Hall–Kier alpha value is -0.910. The van der Waals surface area contributed by atoms with Gasteiger partial charge in [0.15, 0.2) is 0 Å². The lowest BCUT2D eigenvalue weighted by atomic mass is 10.2. The molecule has 4 nitrogen and oxygen atoms in total. The third-order valence-corrected chi connectivity index (χ3v) is 3.87. The number of aromatic nitrogens is 2. The van der Waals surface area contributed by atoms with E-state index in [1.54, 1.807) is 6.07 Å². The Labute approximate surface area is 124 Å². The van der Waals surface area contributed by atoms with Crippen molar-refractivity contribution in [3.8, 4) is 11.5 Å². The summed E-state index contributed by atoms with van der Waals surface area (Å²) in [6.45, 7) is 0.883. The van der Waals surface area contributed by atoms with E-state index in [0.29, 0.717) is 22.8 Å². The van der Waals surface area contributed by atoms with Crippen molar-refractivity contribution in [2.24, 2.45) is 0 Å². The Kier molecular flexibility index (Phi) is 3.86. The summed E-state index contributed by atoms with van der Waals surface area (Å²) in [5, 5.41) is 12.2. The molecule has 1 aromatic carbocycles. The van der Waals surface area contributed by atoms with Gasteiger partial charge in [-0.2, -0.15) is 0 Å². The molecule has 0 amide bonds. The Morgan fingerprint density at radius 1 is 1.37 bits per heavy atom. The highest BCUT2D eigenvalue weighted by Gasteiger charge is 2.20. The average Bonchev–Trinajstić information content (AvgIpc) is 3.07. The first-order valence-corrected chi connectivity index (χ1v) is 7.40. The zero-order chi connectivity index (χ0) is 13.2. The van der Waals surface area contributed by atoms with Crippen molar-refractivity contribution < 1.29 is 4.42 Å². The second-order valence-corrected chi connectivity index (χ2v) is 5.89. The van der Waals surface area contributed by atoms with Crippen molar-refractivity contribution >= 4 is 27.5 Å². The van der Waals surface area contributed by atoms with E-state index in [4.69, 9.17) is 16.0 Å². The summed E-state index contributed by atoms with van der Waals surface area (Å²) < 4.78 is 6.51. The lowest BCUT2D eigenvalue weighted by Gasteiger charge is -2.00. The Morgan fingerprint density at radius 3 is 2.95 bits per heavy atom. The quantitative estimate of drug-likeness (QED) is 0.904. The number of hydrogen-bond donors (Lipinski definition) is 1. The number of hydrogen-bond acceptors (Lipinski definition) is 4. The van der Waals surface area contributed by atoms with Crippen molar-refractivity contribution in [1.82, 2.24) is 15.5 Å². The van der Waals surface area contributed by atoms with Gasteiger partial charge in [-0.3, -0.25) is 0 Å². The van der Waals surface area contributed by atoms with Gasteiger partial charge < -0.3 is 9.73 Å². The van der Waals surface area contributed by atoms with Gasteiger partial charge in [0.05, 0.1) is 5.56 Å². The number of nitrogens with one attached hydrogen (secondary N) is 1. The highest BCUT2D eigenvalue weighted by Crippen LogP contribution is 2.29. The molecule has 2 aromatic rings. The second-order valence-electron chi connectivity index (χ2n) is 4.60. The molecule has 0 radical (unpaired) electrons. The van der Waals surface area contributed by atoms with Gasteiger partial charge in [-0.25, -0.2) is 0 Å². The van der Waals surface area contributed by atoms with Crippen LogP contribution in [-0.4, -0.2) is 22.8 Å². The minimum Gasteiger partial charge on any atom is -0.421 e. The number of halogens is 2. The molecule has 0 saturated heterocycles. The number of nitrogens with zero attached hydrogens (tertiary/aromatic N) is 2. The van der Waals surface area contributed by atoms with Crippen LogP contribution in [0, 0.1) is 0 Å². The molecule has 6 heteroatoms. The second kappa shape index (κ2) is 5.61. The van der Waals surface area contributed by atoms with Crippen molar-refractivity contribution in [2.45, 2.75) is 25.3 Å². The first kappa shape index (κ1) is 13.1. The molecular formula is C13H13BrClN3O. The molecule has 19 heavy (non-hydrogen) atoms. The van der Waals surface area contributed by atoms with E-state index in [2.05, 4.69) is 31.4 Å². The molecule has 0 bridgehead atoms. The van der Waals surface area contributed by atoms with Gasteiger partial charge >= 0.3 is 0 Å². The first-order chi connectivity index (χ1) is 9.22. The highest BCUT2D eigenvalue weighted by atomic mass is 79.9. The summed E-state index contributed by atoms with van der Waals surface area (Å²) in [4.78, 5) is 0. The molecule has 0 spiro atoms. The molecule has 100 valence electrons. The lowest BCUT2D eigenvalue weighted by molar-refractivity contribution is 0.494. The Balaban J connectivity index is 1.68. The van der Waals surface area contributed by atoms with Gasteiger partial charge in [0.25, 0.3) is 0 Å². The van der Waals surface area contributed by atoms with Gasteiger partial charge in [-0.1, -0.05) is 11.6 Å². The Bertz CT molecular complexity index is 583. The summed E-state index contributed by atoms with van der Waals surface area (Å²) >= 11 is 9.36. The molecule has 1 aliphatic carbocycles. The van der Waals surface area contributed by atoms with E-state index in [0.717, 1.165) is 23.0 Å². The predicted octanol–water partition coefficient (Wildman–Crippen LogP) is 3.45. The molecule has 1 fully saturated rings. The van der Waals surface area contributed by atoms with Gasteiger partial charge in [-0.05, 0) is 47.0 Å². The van der Waals surface area contributed by atoms with Gasteiger partial charge in [-0.15, -0.1) is 10.2 Å². The van der Waals surface area contributed by atoms with Crippen LogP contribution in [0.5, 0.6) is 0 Å². The zero-order valence-electron chi connectivity index (χ0n) is 10.2. The topological polar surface area (TPSA) is 51.0 Å². The minimum absolute atomic E-state index is 0.518. The van der Waals surface area contributed by atoms with Crippen LogP contribution in [0.4, 0.5) is 0 Å². The fraction of sp³-hybridized carbons (Fsp3) is 0.385. The molecule has 1 N–H and O–H groups in total. The smallest absolute Gasteiger partial charge is 0.248 e. The molecule has 1 aliphatic rings. The van der Waals surface area contributed by atoms with Gasteiger partial charge in [0.1, 0.15) is 0 Å². The summed E-state index contributed by atoms with van der Waals surface area (Å²) in [6.07, 6.45) is 3.33. The van der Waals surface area contributed by atoms with Gasteiger partial charge in [0.2, 0.25) is 11.8 Å². The molecule has 0 atom stereocenters. The minimum atomic E-state index is 0.518. The van der Waals surface area contributed by atoms with E-state index in [1.165, 1.54) is 12.8 Å². The van der Waals surface area contributed by atoms with Crippen molar-refractivity contribution in [2.75, 3.05) is 6.54 Å². The van der Waals surface area contributed by atoms with Crippen LogP contribution in [0.3, 0.4) is 0 Å². The first-order valence-electron chi connectivity index (χ1n) is 6.23. The molecule has 1 aromatic heterocycles. The normalized spacial score (nSPS) is 14.8. The van der Waals surface area contributed by atoms with Crippen LogP contribution >= 0.6 is 27.5 Å². The van der Waals surface area contributed by atoms with Crippen LogP contribution in [0.1, 0.15) is 18.7 Å².